The Kier molecular flexibility index (Phi) is 14.7. The Hall–Kier alpha value is -5.75. The molecular weight excluding hydrogens is 668 g/mol. The van der Waals surface area contributed by atoms with Gasteiger partial charge in [0.05, 0.1) is 26.2 Å². The number of amides is 1. The number of aromatic nitrogens is 1. The summed E-state index contributed by atoms with van der Waals surface area (Å²) in [6, 6.07) is 27.4. The molecule has 4 aromatic rings. The summed E-state index contributed by atoms with van der Waals surface area (Å²) < 4.78 is 28.4. The van der Waals surface area contributed by atoms with E-state index in [-0.39, 0.29) is 37.7 Å². The van der Waals surface area contributed by atoms with Crippen LogP contribution in [0, 0.1) is 11.8 Å². The molecule has 1 amide bonds. The highest BCUT2D eigenvalue weighted by atomic mass is 16.6. The van der Waals surface area contributed by atoms with Crippen LogP contribution < -0.4 is 10.1 Å². The van der Waals surface area contributed by atoms with Crippen LogP contribution in [0.1, 0.15) is 48.0 Å². The number of pyridine rings is 1. The molecule has 0 aliphatic rings. The van der Waals surface area contributed by atoms with Crippen molar-refractivity contribution in [1.29, 1.82) is 0 Å². The Morgan fingerprint density at radius 1 is 0.731 bits per heavy atom. The number of nitrogens with zero attached hydrogens (tertiary/aromatic N) is 1. The van der Waals surface area contributed by atoms with E-state index in [2.05, 4.69) is 10.3 Å². The third-order valence-corrected chi connectivity index (χ3v) is 8.02. The lowest BCUT2D eigenvalue weighted by atomic mass is 9.90. The summed E-state index contributed by atoms with van der Waals surface area (Å²) in [6.45, 7) is 4.54. The SMILES string of the molecule is COc1ccnc(C(=O)NC(COCc2ccccc2)C(=O)OC(C)C(OC(=O)C(C)C)C(Cc2ccccc2)C(=O)OCc2ccccc2)c1O. The number of hydrogen-bond donors (Lipinski definition) is 2. The minimum atomic E-state index is -1.41. The molecule has 1 heterocycles. The highest BCUT2D eigenvalue weighted by molar-refractivity contribution is 5.98. The minimum absolute atomic E-state index is 0.00615. The number of rotatable bonds is 18. The number of carbonyl (C=O) groups excluding carboxylic acids is 4. The van der Waals surface area contributed by atoms with Gasteiger partial charge in [0.15, 0.2) is 29.3 Å². The van der Waals surface area contributed by atoms with Crippen molar-refractivity contribution in [1.82, 2.24) is 10.3 Å². The molecule has 0 saturated carbocycles. The van der Waals surface area contributed by atoms with Gasteiger partial charge < -0.3 is 34.1 Å². The molecule has 4 atom stereocenters. The zero-order valence-electron chi connectivity index (χ0n) is 29.6. The van der Waals surface area contributed by atoms with Crippen LogP contribution in [0.25, 0.3) is 0 Å². The first-order valence-corrected chi connectivity index (χ1v) is 16.9. The first-order valence-electron chi connectivity index (χ1n) is 16.9. The summed E-state index contributed by atoms with van der Waals surface area (Å²) in [4.78, 5) is 58.0. The molecule has 12 heteroatoms. The molecule has 1 aromatic heterocycles. The summed E-state index contributed by atoms with van der Waals surface area (Å²) in [5.41, 5.74) is 1.95. The second-order valence-corrected chi connectivity index (χ2v) is 12.3. The number of ether oxygens (including phenoxy) is 5. The van der Waals surface area contributed by atoms with Crippen molar-refractivity contribution >= 4 is 23.8 Å². The van der Waals surface area contributed by atoms with Gasteiger partial charge in [0.1, 0.15) is 18.6 Å². The molecule has 0 fully saturated rings. The van der Waals surface area contributed by atoms with Crippen molar-refractivity contribution in [2.45, 2.75) is 58.7 Å². The number of carbonyl (C=O) groups is 4. The van der Waals surface area contributed by atoms with E-state index in [1.807, 2.05) is 91.0 Å². The average molecular weight is 713 g/mol. The van der Waals surface area contributed by atoms with Crippen LogP contribution in [0.15, 0.2) is 103 Å². The summed E-state index contributed by atoms with van der Waals surface area (Å²) in [7, 11) is 1.32. The predicted octanol–water partition coefficient (Wildman–Crippen LogP) is 5.21. The third kappa shape index (κ3) is 11.4. The lowest BCUT2D eigenvalue weighted by molar-refractivity contribution is -0.181. The Bertz CT molecular complexity index is 1750. The standard InChI is InChI=1S/C40H44N2O10/c1-26(2)38(45)52-36(31(22-28-14-8-5-9-15-28)39(46)50-24-30-18-12-7-13-19-30)27(3)51-40(47)32(25-49-23-29-16-10-6-11-17-29)42-37(44)34-35(43)33(48-4)20-21-41-34/h5-21,26-27,31-32,36,43H,22-25H2,1-4H3,(H,42,44). The lowest BCUT2D eigenvalue weighted by Gasteiger charge is -2.31. The number of esters is 3. The highest BCUT2D eigenvalue weighted by Crippen LogP contribution is 2.28. The molecule has 0 spiro atoms. The quantitative estimate of drug-likeness (QED) is 0.103. The monoisotopic (exact) mass is 712 g/mol. The number of methoxy groups -OCH3 is 1. The number of aromatic hydroxyl groups is 1. The fraction of sp³-hybridized carbons (Fsp3) is 0.325. The zero-order chi connectivity index (χ0) is 37.5. The zero-order valence-corrected chi connectivity index (χ0v) is 29.6. The molecule has 2 N–H and O–H groups in total. The van der Waals surface area contributed by atoms with Gasteiger partial charge in [-0.25, -0.2) is 9.78 Å². The molecule has 0 aliphatic heterocycles. The van der Waals surface area contributed by atoms with E-state index in [1.165, 1.54) is 26.3 Å². The van der Waals surface area contributed by atoms with Crippen molar-refractivity contribution in [3.05, 3.63) is 126 Å². The van der Waals surface area contributed by atoms with Crippen molar-refractivity contribution < 1.29 is 48.0 Å². The van der Waals surface area contributed by atoms with Crippen LogP contribution >= 0.6 is 0 Å². The summed E-state index contributed by atoms with van der Waals surface area (Å²) >= 11 is 0. The second-order valence-electron chi connectivity index (χ2n) is 12.3. The van der Waals surface area contributed by atoms with Crippen LogP contribution in [0.4, 0.5) is 0 Å². The molecule has 0 saturated heterocycles. The molecule has 0 radical (unpaired) electrons. The smallest absolute Gasteiger partial charge is 0.331 e. The molecule has 3 aromatic carbocycles. The van der Waals surface area contributed by atoms with Crippen LogP contribution in [0.5, 0.6) is 11.5 Å². The van der Waals surface area contributed by atoms with E-state index in [4.69, 9.17) is 23.7 Å². The van der Waals surface area contributed by atoms with E-state index in [0.717, 1.165) is 16.7 Å². The highest BCUT2D eigenvalue weighted by Gasteiger charge is 2.40. The number of benzene rings is 3. The topological polar surface area (TPSA) is 160 Å². The molecule has 0 bridgehead atoms. The van der Waals surface area contributed by atoms with Gasteiger partial charge in [-0.2, -0.15) is 0 Å². The van der Waals surface area contributed by atoms with Crippen molar-refractivity contribution in [2.75, 3.05) is 13.7 Å². The van der Waals surface area contributed by atoms with E-state index >= 15 is 0 Å². The van der Waals surface area contributed by atoms with Crippen molar-refractivity contribution in [3.63, 3.8) is 0 Å². The predicted molar refractivity (Wildman–Crippen MR) is 190 cm³/mol. The van der Waals surface area contributed by atoms with Crippen LogP contribution in [-0.4, -0.2) is 65.9 Å². The van der Waals surface area contributed by atoms with E-state index in [0.29, 0.717) is 0 Å². The molecule has 4 unspecified atom stereocenters. The van der Waals surface area contributed by atoms with Crippen LogP contribution in [0.3, 0.4) is 0 Å². The summed E-state index contributed by atoms with van der Waals surface area (Å²) in [5, 5.41) is 13.1. The molecule has 0 aliphatic carbocycles. The second kappa shape index (κ2) is 19.6. The van der Waals surface area contributed by atoms with Gasteiger partial charge in [-0.1, -0.05) is 105 Å². The van der Waals surface area contributed by atoms with E-state index in [1.54, 1.807) is 13.8 Å². The van der Waals surface area contributed by atoms with Gasteiger partial charge >= 0.3 is 17.9 Å². The fourth-order valence-corrected chi connectivity index (χ4v) is 5.18. The summed E-state index contributed by atoms with van der Waals surface area (Å²) in [6.07, 6.45) is -1.11. The molecule has 4 rings (SSSR count). The Labute approximate surface area is 303 Å². The maximum atomic E-state index is 13.9. The van der Waals surface area contributed by atoms with Crippen LogP contribution in [-0.2, 0) is 53.0 Å². The largest absolute Gasteiger partial charge is 0.503 e. The van der Waals surface area contributed by atoms with Gasteiger partial charge in [0.25, 0.3) is 5.91 Å². The fourth-order valence-electron chi connectivity index (χ4n) is 5.18. The Morgan fingerprint density at radius 3 is 1.88 bits per heavy atom. The van der Waals surface area contributed by atoms with E-state index in [9.17, 15) is 24.3 Å². The first-order chi connectivity index (χ1) is 25.1. The average Bonchev–Trinajstić information content (AvgIpc) is 3.15. The first kappa shape index (κ1) is 39.0. The number of hydrogen-bond acceptors (Lipinski definition) is 11. The maximum absolute atomic E-state index is 13.9. The molecule has 52 heavy (non-hydrogen) atoms. The summed E-state index contributed by atoms with van der Waals surface area (Å²) in [5.74, 6) is -5.29. The number of nitrogens with one attached hydrogen (secondary N) is 1. The minimum Gasteiger partial charge on any atom is -0.503 e. The molecular formula is C40H44N2O10. The van der Waals surface area contributed by atoms with Gasteiger partial charge in [-0.05, 0) is 30.0 Å². The normalized spacial score (nSPS) is 13.2. The van der Waals surface area contributed by atoms with Crippen molar-refractivity contribution in [3.8, 4) is 11.5 Å². The van der Waals surface area contributed by atoms with Gasteiger partial charge in [0, 0.05) is 12.3 Å². The van der Waals surface area contributed by atoms with Gasteiger partial charge in [-0.3, -0.25) is 14.4 Å². The van der Waals surface area contributed by atoms with Crippen LogP contribution in [0.2, 0.25) is 0 Å². The molecule has 274 valence electrons. The lowest BCUT2D eigenvalue weighted by Crippen LogP contribution is -2.49. The third-order valence-electron chi connectivity index (χ3n) is 8.02. The maximum Gasteiger partial charge on any atom is 0.331 e. The Morgan fingerprint density at radius 2 is 1.31 bits per heavy atom. The Balaban J connectivity index is 1.61. The van der Waals surface area contributed by atoms with Gasteiger partial charge in [-0.15, -0.1) is 0 Å². The van der Waals surface area contributed by atoms with Gasteiger partial charge in [0.2, 0.25) is 0 Å². The van der Waals surface area contributed by atoms with E-state index < -0.39 is 59.7 Å². The molecule has 12 nitrogen and oxygen atoms in total. The van der Waals surface area contributed by atoms with Crippen molar-refractivity contribution in [2.24, 2.45) is 11.8 Å².